The van der Waals surface area contributed by atoms with Gasteiger partial charge in [-0.15, -0.1) is 0 Å². The Labute approximate surface area is 200 Å². The number of nitrogens with one attached hydrogen (secondary N) is 1. The lowest BCUT2D eigenvalue weighted by Crippen LogP contribution is -2.36. The first kappa shape index (κ1) is 27.7. The van der Waals surface area contributed by atoms with Gasteiger partial charge in [-0.2, -0.15) is 0 Å². The lowest BCUT2D eigenvalue weighted by molar-refractivity contribution is -0.383. The molecule has 10 nitrogen and oxygen atoms in total. The van der Waals surface area contributed by atoms with E-state index in [1.807, 2.05) is 6.08 Å². The smallest absolute Gasteiger partial charge is 0.300 e. The van der Waals surface area contributed by atoms with Crippen LogP contribution in [0.1, 0.15) is 77.0 Å². The number of hydrogen-bond acceptors (Lipinski definition) is 9. The van der Waals surface area contributed by atoms with Crippen LogP contribution in [0.15, 0.2) is 28.9 Å². The fraction of sp³-hybridized carbons (Fsp3) is 0.667. The summed E-state index contributed by atoms with van der Waals surface area (Å²) < 4.78 is 4.68. The Kier molecular flexibility index (Phi) is 13.1. The number of nitrogens with two attached hydrogens (primary N) is 1. The molecule has 1 aromatic heterocycles. The molecule has 0 fully saturated rings. The molecule has 10 heteroatoms. The Morgan fingerprint density at radius 2 is 1.59 bits per heavy atom. The highest BCUT2D eigenvalue weighted by atomic mass is 16.6. The number of nitro groups is 1. The molecule has 0 aliphatic rings. The molecule has 0 saturated heterocycles. The molecule has 5 N–H and O–H groups in total. The van der Waals surface area contributed by atoms with Crippen LogP contribution in [0.5, 0.6) is 0 Å². The average molecular weight is 478 g/mol. The van der Waals surface area contributed by atoms with Crippen molar-refractivity contribution < 1.29 is 19.8 Å². The number of aliphatic hydroxyl groups excluding tert-OH is 2. The second-order valence-corrected chi connectivity index (χ2v) is 8.72. The predicted molar refractivity (Wildman–Crippen MR) is 133 cm³/mol. The highest BCUT2D eigenvalue weighted by molar-refractivity contribution is 5.93. The number of nitrogens with zero attached hydrogens (tertiary/aromatic N) is 3. The summed E-state index contributed by atoms with van der Waals surface area (Å²) in [5, 5.41) is 40.2. The molecule has 1 aromatic carbocycles. The Balaban J connectivity index is 1.41. The van der Waals surface area contributed by atoms with Crippen molar-refractivity contribution in [3.05, 3.63) is 34.4 Å². The Morgan fingerprint density at radius 3 is 2.21 bits per heavy atom. The van der Waals surface area contributed by atoms with E-state index < -0.39 is 17.1 Å². The summed E-state index contributed by atoms with van der Waals surface area (Å²) in [6, 6.07) is 2.48. The molecular formula is C24H39N5O5. The third-order valence-electron chi connectivity index (χ3n) is 5.94. The summed E-state index contributed by atoms with van der Waals surface area (Å²) in [4.78, 5) is 10.5. The van der Waals surface area contributed by atoms with Crippen LogP contribution in [0.2, 0.25) is 0 Å². The fourth-order valence-corrected chi connectivity index (χ4v) is 3.83. The number of hydrogen-bond donors (Lipinski definition) is 4. The van der Waals surface area contributed by atoms with Crippen LogP contribution in [0.3, 0.4) is 0 Å². The zero-order valence-corrected chi connectivity index (χ0v) is 19.9. The summed E-state index contributed by atoms with van der Waals surface area (Å²) in [6.07, 6.45) is 17.1. The second kappa shape index (κ2) is 16.1. The van der Waals surface area contributed by atoms with E-state index in [4.69, 9.17) is 10.8 Å². The first-order valence-electron chi connectivity index (χ1n) is 12.4. The van der Waals surface area contributed by atoms with Crippen LogP contribution in [0, 0.1) is 10.1 Å². The van der Waals surface area contributed by atoms with E-state index in [9.17, 15) is 15.2 Å². The molecule has 0 amide bonds. The number of aliphatic hydroxyl groups is 2. The van der Waals surface area contributed by atoms with Gasteiger partial charge in [0.15, 0.2) is 5.52 Å². The van der Waals surface area contributed by atoms with E-state index in [1.54, 1.807) is 12.1 Å². The zero-order valence-electron chi connectivity index (χ0n) is 19.9. The minimum atomic E-state index is -0.765. The molecule has 2 atom stereocenters. The van der Waals surface area contributed by atoms with Crippen molar-refractivity contribution in [1.29, 1.82) is 0 Å². The minimum Gasteiger partial charge on any atom is -0.395 e. The summed E-state index contributed by atoms with van der Waals surface area (Å²) in [6.45, 7) is 0.570. The molecule has 2 rings (SSSR count). The number of non-ortho nitro benzene ring substituents is 1. The standard InChI is InChI=1S/C24H39N5O5/c25-19(18-30)22(31)14-12-10-8-6-4-2-1-3-5-7-9-11-13-17-26-20-15-16-21(29(32)33)24-23(20)27-34-28-24/h12,14-16,19,22,26,30-31H,1-11,13,17-18,25H2/b14-12+/t19-,22+/m0/s1. The monoisotopic (exact) mass is 477 g/mol. The number of aromatic nitrogens is 2. The van der Waals surface area contributed by atoms with Crippen molar-refractivity contribution in [3.63, 3.8) is 0 Å². The average Bonchev–Trinajstić information content (AvgIpc) is 3.33. The summed E-state index contributed by atoms with van der Waals surface area (Å²) >= 11 is 0. The number of fused-ring (bicyclic) bond motifs is 1. The van der Waals surface area contributed by atoms with Gasteiger partial charge in [0.2, 0.25) is 5.52 Å². The number of rotatable bonds is 19. The van der Waals surface area contributed by atoms with E-state index in [0.717, 1.165) is 32.2 Å². The maximum absolute atomic E-state index is 11.0. The fourth-order valence-electron chi connectivity index (χ4n) is 3.83. The first-order valence-corrected chi connectivity index (χ1v) is 12.4. The predicted octanol–water partition coefficient (Wildman–Crippen LogP) is 4.46. The molecule has 1 heterocycles. The van der Waals surface area contributed by atoms with Gasteiger partial charge in [-0.05, 0) is 35.6 Å². The molecule has 0 aliphatic heterocycles. The third-order valence-corrected chi connectivity index (χ3v) is 5.94. The molecule has 190 valence electrons. The highest BCUT2D eigenvalue weighted by Crippen LogP contribution is 2.28. The zero-order chi connectivity index (χ0) is 24.6. The molecular weight excluding hydrogens is 438 g/mol. The maximum Gasteiger partial charge on any atom is 0.300 e. The van der Waals surface area contributed by atoms with Gasteiger partial charge in [0.05, 0.1) is 29.4 Å². The maximum atomic E-state index is 11.0. The Morgan fingerprint density at radius 1 is 1.00 bits per heavy atom. The number of unbranched alkanes of at least 4 members (excludes halogenated alkanes) is 11. The van der Waals surface area contributed by atoms with Gasteiger partial charge in [0.25, 0.3) is 0 Å². The van der Waals surface area contributed by atoms with Crippen molar-refractivity contribution in [2.75, 3.05) is 18.5 Å². The number of benzene rings is 1. The normalized spacial score (nSPS) is 13.5. The van der Waals surface area contributed by atoms with Crippen molar-refractivity contribution in [3.8, 4) is 0 Å². The van der Waals surface area contributed by atoms with E-state index in [2.05, 4.69) is 20.3 Å². The van der Waals surface area contributed by atoms with Gasteiger partial charge < -0.3 is 21.3 Å². The molecule has 0 aliphatic carbocycles. The SMILES string of the molecule is N[C@@H](CO)[C@H](O)/C=C/CCCCCCCCCCCCCNc1ccc([N+](=O)[O-])c2nonc12. The van der Waals surface area contributed by atoms with Gasteiger partial charge >= 0.3 is 5.69 Å². The van der Waals surface area contributed by atoms with Gasteiger partial charge in [-0.25, -0.2) is 4.63 Å². The van der Waals surface area contributed by atoms with E-state index in [1.165, 1.54) is 57.4 Å². The largest absolute Gasteiger partial charge is 0.395 e. The van der Waals surface area contributed by atoms with E-state index >= 15 is 0 Å². The van der Waals surface area contributed by atoms with Crippen molar-refractivity contribution in [1.82, 2.24) is 10.3 Å². The van der Waals surface area contributed by atoms with Gasteiger partial charge in [-0.1, -0.05) is 69.9 Å². The minimum absolute atomic E-state index is 0.101. The molecule has 0 bridgehead atoms. The van der Waals surface area contributed by atoms with Crippen molar-refractivity contribution >= 4 is 22.4 Å². The number of anilines is 1. The molecule has 0 saturated carbocycles. The quantitative estimate of drug-likeness (QED) is 0.0990. The topological polar surface area (TPSA) is 161 Å². The lowest BCUT2D eigenvalue weighted by Gasteiger charge is -2.11. The van der Waals surface area contributed by atoms with Crippen LogP contribution >= 0.6 is 0 Å². The van der Waals surface area contributed by atoms with Crippen LogP contribution < -0.4 is 11.1 Å². The summed E-state index contributed by atoms with van der Waals surface area (Å²) in [5.74, 6) is 0. The molecule has 34 heavy (non-hydrogen) atoms. The van der Waals surface area contributed by atoms with Crippen molar-refractivity contribution in [2.45, 2.75) is 89.2 Å². The first-order chi connectivity index (χ1) is 16.5. The second-order valence-electron chi connectivity index (χ2n) is 8.72. The van der Waals surface area contributed by atoms with E-state index in [0.29, 0.717) is 11.2 Å². The molecule has 2 aromatic rings. The van der Waals surface area contributed by atoms with Gasteiger partial charge in [-0.3, -0.25) is 10.1 Å². The third kappa shape index (κ3) is 9.74. The Bertz CT molecular complexity index is 873. The summed E-state index contributed by atoms with van der Waals surface area (Å²) in [5.41, 5.74) is 6.72. The Hall–Kier alpha value is -2.56. The number of nitro benzene ring substituents is 1. The summed E-state index contributed by atoms with van der Waals surface area (Å²) in [7, 11) is 0. The van der Waals surface area contributed by atoms with Crippen LogP contribution in [-0.4, -0.2) is 50.7 Å². The lowest BCUT2D eigenvalue weighted by atomic mass is 10.0. The van der Waals surface area contributed by atoms with E-state index in [-0.39, 0.29) is 17.8 Å². The van der Waals surface area contributed by atoms with Gasteiger partial charge in [0.1, 0.15) is 0 Å². The van der Waals surface area contributed by atoms with Gasteiger partial charge in [0, 0.05) is 12.6 Å². The van der Waals surface area contributed by atoms with Crippen LogP contribution in [0.25, 0.3) is 11.0 Å². The van der Waals surface area contributed by atoms with Crippen molar-refractivity contribution in [2.24, 2.45) is 5.73 Å². The molecule has 0 spiro atoms. The highest BCUT2D eigenvalue weighted by Gasteiger charge is 2.19. The molecule has 0 unspecified atom stereocenters. The number of allylic oxidation sites excluding steroid dienone is 1. The molecule has 0 radical (unpaired) electrons. The van der Waals surface area contributed by atoms with Crippen LogP contribution in [-0.2, 0) is 0 Å². The van der Waals surface area contributed by atoms with Crippen LogP contribution in [0.4, 0.5) is 11.4 Å².